The van der Waals surface area contributed by atoms with Crippen LogP contribution in [0.3, 0.4) is 0 Å². The summed E-state index contributed by atoms with van der Waals surface area (Å²) in [6.45, 7) is 2.00. The van der Waals surface area contributed by atoms with Crippen LogP contribution in [0.1, 0.15) is 18.7 Å². The number of nitrogens with zero attached hydrogens (tertiary/aromatic N) is 4. The van der Waals surface area contributed by atoms with E-state index in [1.54, 1.807) is 0 Å². The maximum atomic E-state index is 5.77. The second-order valence-corrected chi connectivity index (χ2v) is 6.16. The lowest BCUT2D eigenvalue weighted by atomic mass is 9.94. The highest BCUT2D eigenvalue weighted by Crippen LogP contribution is 2.24. The van der Waals surface area contributed by atoms with Gasteiger partial charge in [0.05, 0.1) is 11.0 Å². The van der Waals surface area contributed by atoms with E-state index < -0.39 is 0 Å². The van der Waals surface area contributed by atoms with Crippen LogP contribution in [0.15, 0.2) is 36.7 Å². The molecule has 1 aliphatic rings. The molecular formula is C17H20N6. The van der Waals surface area contributed by atoms with E-state index in [0.29, 0.717) is 11.7 Å². The molecule has 0 bridgehead atoms. The Bertz CT molecular complexity index is 778. The van der Waals surface area contributed by atoms with Gasteiger partial charge in [-0.1, -0.05) is 12.1 Å². The fraction of sp³-hybridized carbons (Fsp3) is 0.353. The molecule has 6 heteroatoms. The van der Waals surface area contributed by atoms with Gasteiger partial charge >= 0.3 is 0 Å². The molecule has 1 fully saturated rings. The number of benzene rings is 1. The minimum atomic E-state index is 0.523. The third kappa shape index (κ3) is 2.97. The second-order valence-electron chi connectivity index (χ2n) is 6.16. The molecule has 3 aromatic rings. The van der Waals surface area contributed by atoms with Crippen LogP contribution in [0.4, 0.5) is 11.6 Å². The summed E-state index contributed by atoms with van der Waals surface area (Å²) in [6, 6.07) is 10.0. The van der Waals surface area contributed by atoms with Crippen molar-refractivity contribution in [3.8, 4) is 0 Å². The summed E-state index contributed by atoms with van der Waals surface area (Å²) in [5.41, 5.74) is 7.92. The van der Waals surface area contributed by atoms with Crippen molar-refractivity contribution in [2.75, 3.05) is 23.7 Å². The van der Waals surface area contributed by atoms with Crippen molar-refractivity contribution in [1.82, 2.24) is 19.9 Å². The van der Waals surface area contributed by atoms with Gasteiger partial charge in [-0.15, -0.1) is 0 Å². The summed E-state index contributed by atoms with van der Waals surface area (Å²) in [4.78, 5) is 18.8. The van der Waals surface area contributed by atoms with Gasteiger partial charge in [0, 0.05) is 25.6 Å². The van der Waals surface area contributed by atoms with Gasteiger partial charge in [-0.3, -0.25) is 0 Å². The van der Waals surface area contributed by atoms with Crippen LogP contribution >= 0.6 is 0 Å². The van der Waals surface area contributed by atoms with Crippen molar-refractivity contribution in [3.05, 3.63) is 42.5 Å². The minimum absolute atomic E-state index is 0.523. The molecule has 0 amide bonds. The third-order valence-electron chi connectivity index (χ3n) is 4.44. The van der Waals surface area contributed by atoms with Gasteiger partial charge in [0.25, 0.3) is 0 Å². The number of para-hydroxylation sites is 2. The Morgan fingerprint density at radius 3 is 3.04 bits per heavy atom. The lowest BCUT2D eigenvalue weighted by Gasteiger charge is -2.33. The highest BCUT2D eigenvalue weighted by atomic mass is 15.2. The van der Waals surface area contributed by atoms with Gasteiger partial charge in [0.15, 0.2) is 0 Å². The zero-order valence-electron chi connectivity index (χ0n) is 12.9. The van der Waals surface area contributed by atoms with E-state index in [9.17, 15) is 0 Å². The SMILES string of the molecule is Nc1cc(N2CCCC(Cc3nc4ccccc4[nH]3)C2)ncn1. The molecule has 0 radical (unpaired) electrons. The predicted octanol–water partition coefficient (Wildman–Crippen LogP) is 2.39. The summed E-state index contributed by atoms with van der Waals surface area (Å²) in [6.07, 6.45) is 4.88. The van der Waals surface area contributed by atoms with E-state index in [0.717, 1.165) is 48.6 Å². The van der Waals surface area contributed by atoms with Crippen molar-refractivity contribution < 1.29 is 0 Å². The molecule has 2 aromatic heterocycles. The van der Waals surface area contributed by atoms with Crippen molar-refractivity contribution in [1.29, 1.82) is 0 Å². The average Bonchev–Trinajstić information content (AvgIpc) is 2.97. The minimum Gasteiger partial charge on any atom is -0.384 e. The first-order chi connectivity index (χ1) is 11.3. The Hall–Kier alpha value is -2.63. The van der Waals surface area contributed by atoms with Crippen molar-refractivity contribution >= 4 is 22.7 Å². The van der Waals surface area contributed by atoms with Gasteiger partial charge in [-0.2, -0.15) is 0 Å². The van der Waals surface area contributed by atoms with E-state index in [2.05, 4.69) is 25.9 Å². The monoisotopic (exact) mass is 308 g/mol. The number of nitrogens with two attached hydrogens (primary N) is 1. The van der Waals surface area contributed by atoms with Crippen LogP contribution < -0.4 is 10.6 Å². The normalized spacial score (nSPS) is 18.4. The van der Waals surface area contributed by atoms with Crippen molar-refractivity contribution in [3.63, 3.8) is 0 Å². The van der Waals surface area contributed by atoms with E-state index in [1.165, 1.54) is 12.7 Å². The lowest BCUT2D eigenvalue weighted by Crippen LogP contribution is -2.37. The Morgan fingerprint density at radius 1 is 1.26 bits per heavy atom. The highest BCUT2D eigenvalue weighted by molar-refractivity contribution is 5.74. The van der Waals surface area contributed by atoms with Crippen LogP contribution in [0.5, 0.6) is 0 Å². The first-order valence-corrected chi connectivity index (χ1v) is 8.04. The molecule has 0 spiro atoms. The number of aromatic nitrogens is 4. The standard InChI is InChI=1S/C17H20N6/c18-15-9-17(20-11-19-15)23-7-3-4-12(10-23)8-16-21-13-5-1-2-6-14(13)22-16/h1-2,5-6,9,11-12H,3-4,7-8,10H2,(H,21,22)(H2,18,19,20). The molecule has 23 heavy (non-hydrogen) atoms. The number of rotatable bonds is 3. The zero-order valence-corrected chi connectivity index (χ0v) is 12.9. The number of fused-ring (bicyclic) bond motifs is 1. The topological polar surface area (TPSA) is 83.7 Å². The van der Waals surface area contributed by atoms with E-state index in [-0.39, 0.29) is 0 Å². The predicted molar refractivity (Wildman–Crippen MR) is 91.2 cm³/mol. The summed E-state index contributed by atoms with van der Waals surface area (Å²) in [5.74, 6) is 3.09. The molecule has 3 heterocycles. The Morgan fingerprint density at radius 2 is 2.17 bits per heavy atom. The number of nitrogen functional groups attached to an aromatic ring is 1. The molecular weight excluding hydrogens is 288 g/mol. The summed E-state index contributed by atoms with van der Waals surface area (Å²) >= 11 is 0. The molecule has 118 valence electrons. The fourth-order valence-electron chi connectivity index (χ4n) is 3.35. The number of H-pyrrole nitrogens is 1. The molecule has 6 nitrogen and oxygen atoms in total. The molecule has 1 saturated heterocycles. The lowest BCUT2D eigenvalue weighted by molar-refractivity contribution is 0.406. The number of imidazole rings is 1. The van der Waals surface area contributed by atoms with Crippen LogP contribution in [0.2, 0.25) is 0 Å². The largest absolute Gasteiger partial charge is 0.384 e. The maximum absolute atomic E-state index is 5.77. The van der Waals surface area contributed by atoms with Crippen LogP contribution in [0.25, 0.3) is 11.0 Å². The quantitative estimate of drug-likeness (QED) is 0.776. The average molecular weight is 308 g/mol. The molecule has 4 rings (SSSR count). The molecule has 1 unspecified atom stereocenters. The number of anilines is 2. The first-order valence-electron chi connectivity index (χ1n) is 8.04. The molecule has 1 aliphatic heterocycles. The van der Waals surface area contributed by atoms with E-state index in [4.69, 9.17) is 10.7 Å². The van der Waals surface area contributed by atoms with Gasteiger partial charge in [0.1, 0.15) is 23.8 Å². The summed E-state index contributed by atoms with van der Waals surface area (Å²) in [5, 5.41) is 0. The molecule has 1 aromatic carbocycles. The number of piperidine rings is 1. The number of hydrogen-bond acceptors (Lipinski definition) is 5. The van der Waals surface area contributed by atoms with Gasteiger partial charge in [-0.05, 0) is 30.9 Å². The van der Waals surface area contributed by atoms with Crippen molar-refractivity contribution in [2.24, 2.45) is 5.92 Å². The van der Waals surface area contributed by atoms with Gasteiger partial charge in [0.2, 0.25) is 0 Å². The Kier molecular flexibility index (Phi) is 3.57. The Balaban J connectivity index is 1.49. The van der Waals surface area contributed by atoms with Gasteiger partial charge in [-0.25, -0.2) is 15.0 Å². The molecule has 1 atom stereocenters. The van der Waals surface area contributed by atoms with E-state index >= 15 is 0 Å². The van der Waals surface area contributed by atoms with Gasteiger partial charge < -0.3 is 15.6 Å². The first kappa shape index (κ1) is 14.0. The second kappa shape index (κ2) is 5.87. The maximum Gasteiger partial charge on any atom is 0.134 e. The number of hydrogen-bond donors (Lipinski definition) is 2. The molecule has 3 N–H and O–H groups in total. The van der Waals surface area contributed by atoms with Crippen LogP contribution in [0, 0.1) is 5.92 Å². The summed E-state index contributed by atoms with van der Waals surface area (Å²) in [7, 11) is 0. The molecule has 0 saturated carbocycles. The number of aromatic amines is 1. The Labute approximate surface area is 134 Å². The molecule has 0 aliphatic carbocycles. The zero-order chi connectivity index (χ0) is 15.6. The number of nitrogens with one attached hydrogen (secondary N) is 1. The van der Waals surface area contributed by atoms with Crippen LogP contribution in [-0.2, 0) is 6.42 Å². The summed E-state index contributed by atoms with van der Waals surface area (Å²) < 4.78 is 0. The smallest absolute Gasteiger partial charge is 0.134 e. The van der Waals surface area contributed by atoms with E-state index in [1.807, 2.05) is 24.3 Å². The third-order valence-corrected chi connectivity index (χ3v) is 4.44. The fourth-order valence-corrected chi connectivity index (χ4v) is 3.35. The highest BCUT2D eigenvalue weighted by Gasteiger charge is 2.22. The van der Waals surface area contributed by atoms with Crippen LogP contribution in [-0.4, -0.2) is 33.0 Å². The van der Waals surface area contributed by atoms with Crippen molar-refractivity contribution in [2.45, 2.75) is 19.3 Å².